The first-order valence-corrected chi connectivity index (χ1v) is 6.22. The van der Waals surface area contributed by atoms with Gasteiger partial charge >= 0.3 is 12.1 Å². The number of alkyl halides is 5. The summed E-state index contributed by atoms with van der Waals surface area (Å²) in [6, 6.07) is 0.592. The molecule has 0 saturated heterocycles. The second-order valence-corrected chi connectivity index (χ2v) is 5.93. The van der Waals surface area contributed by atoms with Crippen molar-refractivity contribution in [2.45, 2.75) is 38.3 Å². The summed E-state index contributed by atoms with van der Waals surface area (Å²) in [5.74, 6) is -5.05. The van der Waals surface area contributed by atoms with Gasteiger partial charge in [-0.1, -0.05) is 32.4 Å². The van der Waals surface area contributed by atoms with E-state index in [1.807, 2.05) is 0 Å². The van der Waals surface area contributed by atoms with Gasteiger partial charge in [-0.25, -0.2) is 9.97 Å². The molecule has 0 fully saturated rings. The summed E-state index contributed by atoms with van der Waals surface area (Å²) in [4.78, 5) is 7.20. The van der Waals surface area contributed by atoms with Gasteiger partial charge in [0, 0.05) is 11.5 Å². The standard InChI is InChI=1S/C12H11ClF5N3/c1-10(2,3)8-9(13)21-5-19-6(4-7(21)20-8)11(14,15)12(16,17)18/h4-5H,1-3H3. The Morgan fingerprint density at radius 1 is 1.10 bits per heavy atom. The van der Waals surface area contributed by atoms with Crippen molar-refractivity contribution < 1.29 is 22.0 Å². The first-order chi connectivity index (χ1) is 9.35. The van der Waals surface area contributed by atoms with Crippen molar-refractivity contribution in [2.75, 3.05) is 0 Å². The Labute approximate surface area is 121 Å². The van der Waals surface area contributed by atoms with Crippen LogP contribution in [0, 0.1) is 0 Å². The zero-order valence-electron chi connectivity index (χ0n) is 11.3. The third-order valence-corrected chi connectivity index (χ3v) is 3.21. The number of aromatic nitrogens is 3. The monoisotopic (exact) mass is 327 g/mol. The quantitative estimate of drug-likeness (QED) is 0.730. The normalized spacial score (nSPS) is 14.0. The molecule has 3 nitrogen and oxygen atoms in total. The highest BCUT2D eigenvalue weighted by Crippen LogP contribution is 2.43. The number of hydrogen-bond donors (Lipinski definition) is 0. The number of fused-ring (bicyclic) bond motifs is 1. The molecule has 0 saturated carbocycles. The van der Waals surface area contributed by atoms with Gasteiger partial charge in [-0.05, 0) is 0 Å². The van der Waals surface area contributed by atoms with Crippen molar-refractivity contribution in [2.24, 2.45) is 0 Å². The van der Waals surface area contributed by atoms with Crippen LogP contribution in [0.4, 0.5) is 22.0 Å². The van der Waals surface area contributed by atoms with E-state index in [1.165, 1.54) is 0 Å². The lowest BCUT2D eigenvalue weighted by Crippen LogP contribution is -2.34. The molecule has 21 heavy (non-hydrogen) atoms. The molecule has 0 aliphatic carbocycles. The fourth-order valence-electron chi connectivity index (χ4n) is 1.71. The average Bonchev–Trinajstić information content (AvgIpc) is 2.64. The van der Waals surface area contributed by atoms with E-state index in [4.69, 9.17) is 11.6 Å². The van der Waals surface area contributed by atoms with Crippen molar-refractivity contribution >= 4 is 17.2 Å². The maximum atomic E-state index is 13.3. The fraction of sp³-hybridized carbons (Fsp3) is 0.500. The second kappa shape index (κ2) is 4.53. The predicted octanol–water partition coefficient (Wildman–Crippen LogP) is 4.33. The Morgan fingerprint density at radius 2 is 1.67 bits per heavy atom. The molecule has 2 rings (SSSR count). The minimum atomic E-state index is -5.72. The Hall–Kier alpha value is -1.44. The number of hydrogen-bond acceptors (Lipinski definition) is 2. The molecule has 0 amide bonds. The van der Waals surface area contributed by atoms with Crippen LogP contribution < -0.4 is 0 Å². The van der Waals surface area contributed by atoms with E-state index < -0.39 is 23.2 Å². The van der Waals surface area contributed by atoms with Crippen LogP contribution >= 0.6 is 11.6 Å². The Kier molecular flexibility index (Phi) is 3.44. The molecule has 0 bridgehead atoms. The fourth-order valence-corrected chi connectivity index (χ4v) is 2.17. The van der Waals surface area contributed by atoms with E-state index in [9.17, 15) is 22.0 Å². The molecule has 0 atom stereocenters. The molecule has 0 radical (unpaired) electrons. The molecular formula is C12H11ClF5N3. The summed E-state index contributed by atoms with van der Waals surface area (Å²) in [5, 5.41) is 0.131. The molecule has 0 aliphatic rings. The van der Waals surface area contributed by atoms with Crippen LogP contribution in [-0.2, 0) is 11.3 Å². The van der Waals surface area contributed by atoms with E-state index in [2.05, 4.69) is 9.97 Å². The van der Waals surface area contributed by atoms with E-state index in [-0.39, 0.29) is 10.8 Å². The zero-order chi connectivity index (χ0) is 16.2. The SMILES string of the molecule is CC(C)(C)c1nc2cc(C(F)(F)C(F)(F)F)ncn2c1Cl. The lowest BCUT2D eigenvalue weighted by Gasteiger charge is -2.18. The molecule has 0 unspecified atom stereocenters. The van der Waals surface area contributed by atoms with Crippen LogP contribution in [0.15, 0.2) is 12.4 Å². The minimum Gasteiger partial charge on any atom is -0.273 e. The van der Waals surface area contributed by atoms with Gasteiger partial charge in [0.05, 0.1) is 5.69 Å². The smallest absolute Gasteiger partial charge is 0.273 e. The summed E-state index contributed by atoms with van der Waals surface area (Å²) in [7, 11) is 0. The largest absolute Gasteiger partial charge is 0.459 e. The van der Waals surface area contributed by atoms with Gasteiger partial charge < -0.3 is 0 Å². The van der Waals surface area contributed by atoms with Gasteiger partial charge in [-0.2, -0.15) is 22.0 Å². The van der Waals surface area contributed by atoms with Gasteiger partial charge in [0.2, 0.25) is 0 Å². The van der Waals surface area contributed by atoms with Crippen molar-refractivity contribution in [1.29, 1.82) is 0 Å². The second-order valence-electron chi connectivity index (χ2n) is 5.58. The summed E-state index contributed by atoms with van der Waals surface area (Å²) >= 11 is 6.05. The van der Waals surface area contributed by atoms with Crippen molar-refractivity contribution in [3.05, 3.63) is 28.9 Å². The van der Waals surface area contributed by atoms with Crippen LogP contribution in [0.2, 0.25) is 5.15 Å². The van der Waals surface area contributed by atoms with Crippen LogP contribution in [0.5, 0.6) is 0 Å². The van der Waals surface area contributed by atoms with Crippen LogP contribution in [0.1, 0.15) is 32.2 Å². The Bertz CT molecular complexity index is 684. The maximum Gasteiger partial charge on any atom is 0.459 e. The van der Waals surface area contributed by atoms with E-state index in [1.54, 1.807) is 20.8 Å². The van der Waals surface area contributed by atoms with Gasteiger partial charge in [-0.3, -0.25) is 4.40 Å². The molecule has 0 N–H and O–H groups in total. The van der Waals surface area contributed by atoms with E-state index in [0.717, 1.165) is 10.7 Å². The number of halogens is 6. The van der Waals surface area contributed by atoms with Gasteiger partial charge in [0.15, 0.2) is 0 Å². The van der Waals surface area contributed by atoms with Crippen LogP contribution in [0.25, 0.3) is 5.65 Å². The molecule has 2 aromatic heterocycles. The highest BCUT2D eigenvalue weighted by atomic mass is 35.5. The summed E-state index contributed by atoms with van der Waals surface area (Å²) in [6.07, 6.45) is -4.91. The number of imidazole rings is 1. The molecule has 9 heteroatoms. The van der Waals surface area contributed by atoms with Crippen LogP contribution in [-0.4, -0.2) is 20.5 Å². The predicted molar refractivity (Wildman–Crippen MR) is 66.6 cm³/mol. The van der Waals surface area contributed by atoms with Gasteiger partial charge in [0.25, 0.3) is 0 Å². The molecule has 0 spiro atoms. The minimum absolute atomic E-state index is 0.112. The summed E-state index contributed by atoms with van der Waals surface area (Å²) < 4.78 is 64.8. The average molecular weight is 328 g/mol. The number of rotatable bonds is 1. The Morgan fingerprint density at radius 3 is 2.14 bits per heavy atom. The first-order valence-electron chi connectivity index (χ1n) is 5.85. The molecule has 116 valence electrons. The van der Waals surface area contributed by atoms with Gasteiger partial charge in [-0.15, -0.1) is 0 Å². The lowest BCUT2D eigenvalue weighted by molar-refractivity contribution is -0.290. The van der Waals surface area contributed by atoms with Crippen LogP contribution in [0.3, 0.4) is 0 Å². The third-order valence-electron chi connectivity index (χ3n) is 2.85. The maximum absolute atomic E-state index is 13.3. The topological polar surface area (TPSA) is 30.2 Å². The molecule has 0 aliphatic heterocycles. The first kappa shape index (κ1) is 15.9. The third kappa shape index (κ3) is 2.56. The molecule has 2 aromatic rings. The van der Waals surface area contributed by atoms with E-state index in [0.29, 0.717) is 11.8 Å². The van der Waals surface area contributed by atoms with Crippen molar-refractivity contribution in [1.82, 2.24) is 14.4 Å². The highest BCUT2D eigenvalue weighted by molar-refractivity contribution is 6.30. The lowest BCUT2D eigenvalue weighted by atomic mass is 9.93. The number of nitrogens with zero attached hydrogens (tertiary/aromatic N) is 3. The van der Waals surface area contributed by atoms with Crippen molar-refractivity contribution in [3.63, 3.8) is 0 Å². The molecule has 2 heterocycles. The van der Waals surface area contributed by atoms with Crippen molar-refractivity contribution in [3.8, 4) is 0 Å². The zero-order valence-corrected chi connectivity index (χ0v) is 12.0. The van der Waals surface area contributed by atoms with Gasteiger partial charge in [0.1, 0.15) is 22.8 Å². The summed E-state index contributed by atoms with van der Waals surface area (Å²) in [5.41, 5.74) is -1.63. The highest BCUT2D eigenvalue weighted by Gasteiger charge is 2.60. The summed E-state index contributed by atoms with van der Waals surface area (Å²) in [6.45, 7) is 5.37. The molecular weight excluding hydrogens is 317 g/mol. The molecule has 0 aromatic carbocycles. The van der Waals surface area contributed by atoms with E-state index >= 15 is 0 Å². The Balaban J connectivity index is 2.64.